The normalized spacial score (nSPS) is 36.1. The summed E-state index contributed by atoms with van der Waals surface area (Å²) in [5, 5.41) is 4.92. The SMILES string of the molecule is CC1CC(C)CC(NS(N)(=O)=O)C1. The minimum atomic E-state index is -3.52. The molecule has 0 aromatic heterocycles. The van der Waals surface area contributed by atoms with Crippen LogP contribution >= 0.6 is 0 Å². The van der Waals surface area contributed by atoms with Gasteiger partial charge in [-0.15, -0.1) is 0 Å². The van der Waals surface area contributed by atoms with Crippen LogP contribution in [0.4, 0.5) is 0 Å². The van der Waals surface area contributed by atoms with E-state index in [-0.39, 0.29) is 6.04 Å². The molecule has 0 aromatic rings. The van der Waals surface area contributed by atoms with E-state index < -0.39 is 10.2 Å². The van der Waals surface area contributed by atoms with Crippen LogP contribution in [0.15, 0.2) is 0 Å². The van der Waals surface area contributed by atoms with Gasteiger partial charge in [0.05, 0.1) is 0 Å². The second-order valence-electron chi connectivity index (χ2n) is 4.28. The van der Waals surface area contributed by atoms with Gasteiger partial charge in [0.25, 0.3) is 10.2 Å². The fraction of sp³-hybridized carbons (Fsp3) is 1.00. The molecule has 1 saturated carbocycles. The summed E-state index contributed by atoms with van der Waals surface area (Å²) in [6, 6.07) is 0.0359. The van der Waals surface area contributed by atoms with Gasteiger partial charge in [0.15, 0.2) is 0 Å². The van der Waals surface area contributed by atoms with Crippen molar-refractivity contribution in [3.05, 3.63) is 0 Å². The summed E-state index contributed by atoms with van der Waals surface area (Å²) in [5.74, 6) is 1.17. The van der Waals surface area contributed by atoms with E-state index in [2.05, 4.69) is 18.6 Å². The number of hydrogen-bond acceptors (Lipinski definition) is 2. The smallest absolute Gasteiger partial charge is 0.216 e. The zero-order chi connectivity index (χ0) is 10.1. The first-order valence-corrected chi connectivity index (χ1v) is 6.21. The maximum absolute atomic E-state index is 10.8. The van der Waals surface area contributed by atoms with Gasteiger partial charge in [-0.05, 0) is 31.1 Å². The third-order valence-corrected chi connectivity index (χ3v) is 3.17. The van der Waals surface area contributed by atoms with Gasteiger partial charge >= 0.3 is 0 Å². The van der Waals surface area contributed by atoms with E-state index >= 15 is 0 Å². The van der Waals surface area contributed by atoms with E-state index in [1.807, 2.05) is 0 Å². The van der Waals surface area contributed by atoms with Crippen LogP contribution in [0.25, 0.3) is 0 Å². The summed E-state index contributed by atoms with van der Waals surface area (Å²) in [7, 11) is -3.52. The Hall–Kier alpha value is -0.130. The zero-order valence-corrected chi connectivity index (χ0v) is 8.97. The van der Waals surface area contributed by atoms with Gasteiger partial charge in [0.2, 0.25) is 0 Å². The van der Waals surface area contributed by atoms with Crippen LogP contribution in [0.3, 0.4) is 0 Å². The first kappa shape index (κ1) is 10.9. The van der Waals surface area contributed by atoms with Crippen molar-refractivity contribution < 1.29 is 8.42 Å². The van der Waals surface area contributed by atoms with E-state index in [9.17, 15) is 8.42 Å². The summed E-state index contributed by atoms with van der Waals surface area (Å²) in [6.07, 6.45) is 2.99. The standard InChI is InChI=1S/C8H18N2O2S/c1-6-3-7(2)5-8(4-6)10-13(9,11)12/h6-8,10H,3-5H2,1-2H3,(H2,9,11,12). The van der Waals surface area contributed by atoms with Crippen molar-refractivity contribution in [2.45, 2.75) is 39.2 Å². The summed E-state index contributed by atoms with van der Waals surface area (Å²) in [4.78, 5) is 0. The van der Waals surface area contributed by atoms with Crippen molar-refractivity contribution in [1.29, 1.82) is 0 Å². The molecule has 0 heterocycles. The molecule has 1 fully saturated rings. The third kappa shape index (κ3) is 4.06. The Balaban J connectivity index is 2.51. The lowest BCUT2D eigenvalue weighted by atomic mass is 9.81. The van der Waals surface area contributed by atoms with Gasteiger partial charge in [-0.25, -0.2) is 5.14 Å². The quantitative estimate of drug-likeness (QED) is 0.694. The molecular weight excluding hydrogens is 188 g/mol. The van der Waals surface area contributed by atoms with Crippen molar-refractivity contribution in [2.75, 3.05) is 0 Å². The van der Waals surface area contributed by atoms with Crippen LogP contribution in [0.1, 0.15) is 33.1 Å². The monoisotopic (exact) mass is 206 g/mol. The van der Waals surface area contributed by atoms with Crippen LogP contribution in [0, 0.1) is 11.8 Å². The highest BCUT2D eigenvalue weighted by Crippen LogP contribution is 2.28. The highest BCUT2D eigenvalue weighted by atomic mass is 32.2. The Morgan fingerprint density at radius 3 is 2.00 bits per heavy atom. The second-order valence-corrected chi connectivity index (χ2v) is 5.60. The van der Waals surface area contributed by atoms with Gasteiger partial charge < -0.3 is 0 Å². The van der Waals surface area contributed by atoms with Gasteiger partial charge in [-0.2, -0.15) is 13.1 Å². The molecule has 3 N–H and O–H groups in total. The van der Waals surface area contributed by atoms with E-state index in [1.165, 1.54) is 6.42 Å². The summed E-state index contributed by atoms with van der Waals surface area (Å²) in [6.45, 7) is 4.29. The number of hydrogen-bond donors (Lipinski definition) is 2. The van der Waals surface area contributed by atoms with Crippen LogP contribution < -0.4 is 9.86 Å². The van der Waals surface area contributed by atoms with Crippen molar-refractivity contribution in [3.63, 3.8) is 0 Å². The minimum Gasteiger partial charge on any atom is -0.216 e. The lowest BCUT2D eigenvalue weighted by Crippen LogP contribution is -2.43. The Labute approximate surface area is 80.1 Å². The molecule has 0 spiro atoms. The Kier molecular flexibility index (Phi) is 3.32. The second kappa shape index (κ2) is 3.94. The van der Waals surface area contributed by atoms with Crippen LogP contribution in [-0.2, 0) is 10.2 Å². The molecule has 5 heteroatoms. The lowest BCUT2D eigenvalue weighted by molar-refractivity contribution is 0.258. The molecule has 1 aliphatic carbocycles. The molecule has 4 nitrogen and oxygen atoms in total. The Bertz CT molecular complexity index is 253. The maximum Gasteiger partial charge on any atom is 0.274 e. The number of nitrogens with two attached hydrogens (primary N) is 1. The van der Waals surface area contributed by atoms with Gasteiger partial charge in [-0.3, -0.25) is 0 Å². The van der Waals surface area contributed by atoms with Gasteiger partial charge in [-0.1, -0.05) is 13.8 Å². The molecule has 1 rings (SSSR count). The summed E-state index contributed by atoms with van der Waals surface area (Å²) in [5.41, 5.74) is 0. The average molecular weight is 206 g/mol. The number of nitrogens with one attached hydrogen (secondary N) is 1. The van der Waals surface area contributed by atoms with E-state index in [0.29, 0.717) is 11.8 Å². The molecule has 78 valence electrons. The number of rotatable bonds is 2. The highest BCUT2D eigenvalue weighted by Gasteiger charge is 2.25. The fourth-order valence-electron chi connectivity index (χ4n) is 2.28. The predicted octanol–water partition coefficient (Wildman–Crippen LogP) is 0.604. The van der Waals surface area contributed by atoms with Crippen molar-refractivity contribution in [2.24, 2.45) is 17.0 Å². The maximum atomic E-state index is 10.8. The first-order chi connectivity index (χ1) is 5.87. The van der Waals surface area contributed by atoms with E-state index in [1.54, 1.807) is 0 Å². The van der Waals surface area contributed by atoms with Crippen molar-refractivity contribution >= 4 is 10.2 Å². The van der Waals surface area contributed by atoms with Crippen LogP contribution in [0.5, 0.6) is 0 Å². The fourth-order valence-corrected chi connectivity index (χ4v) is 2.93. The molecule has 0 aromatic carbocycles. The van der Waals surface area contributed by atoms with Crippen LogP contribution in [-0.4, -0.2) is 14.5 Å². The molecule has 2 unspecified atom stereocenters. The Morgan fingerprint density at radius 2 is 1.62 bits per heavy atom. The minimum absolute atomic E-state index is 0.0359. The largest absolute Gasteiger partial charge is 0.274 e. The third-order valence-electron chi connectivity index (χ3n) is 2.51. The topological polar surface area (TPSA) is 72.2 Å². The van der Waals surface area contributed by atoms with Crippen LogP contribution in [0.2, 0.25) is 0 Å². The first-order valence-electron chi connectivity index (χ1n) is 4.67. The molecule has 0 bridgehead atoms. The molecule has 0 radical (unpaired) electrons. The average Bonchev–Trinajstić information content (AvgIpc) is 1.78. The van der Waals surface area contributed by atoms with Gasteiger partial charge in [0.1, 0.15) is 0 Å². The van der Waals surface area contributed by atoms with E-state index in [0.717, 1.165) is 12.8 Å². The van der Waals surface area contributed by atoms with Crippen molar-refractivity contribution in [3.8, 4) is 0 Å². The molecule has 0 saturated heterocycles. The molecular formula is C8H18N2O2S. The van der Waals surface area contributed by atoms with E-state index in [4.69, 9.17) is 5.14 Å². The molecule has 0 amide bonds. The molecule has 1 aliphatic rings. The molecule has 13 heavy (non-hydrogen) atoms. The highest BCUT2D eigenvalue weighted by molar-refractivity contribution is 7.87. The lowest BCUT2D eigenvalue weighted by Gasteiger charge is -2.31. The molecule has 2 atom stereocenters. The summed E-state index contributed by atoms with van der Waals surface area (Å²) < 4.78 is 24.0. The zero-order valence-electron chi connectivity index (χ0n) is 8.16. The Morgan fingerprint density at radius 1 is 1.15 bits per heavy atom. The molecule has 0 aliphatic heterocycles. The van der Waals surface area contributed by atoms with Gasteiger partial charge in [0, 0.05) is 6.04 Å². The predicted molar refractivity (Wildman–Crippen MR) is 52.2 cm³/mol. The van der Waals surface area contributed by atoms with Crippen molar-refractivity contribution in [1.82, 2.24) is 4.72 Å². The summed E-state index contributed by atoms with van der Waals surface area (Å²) >= 11 is 0.